The second-order valence-corrected chi connectivity index (χ2v) is 6.22. The molecule has 1 N–H and O–H groups in total. The minimum absolute atomic E-state index is 0.135. The maximum atomic E-state index is 13.2. The number of carbonyl (C=O) groups is 1. The third-order valence-electron chi connectivity index (χ3n) is 4.21. The summed E-state index contributed by atoms with van der Waals surface area (Å²) in [5.74, 6) is -1.41. The van der Waals surface area contributed by atoms with E-state index in [1.807, 2.05) is 48.5 Å². The minimum Gasteiger partial charge on any atom is -0.478 e. The molecule has 2 aromatic carbocycles. The molecule has 2 heterocycles. The molecular weight excluding hydrogens is 367 g/mol. The van der Waals surface area contributed by atoms with Gasteiger partial charge in [-0.1, -0.05) is 48.5 Å². The maximum absolute atomic E-state index is 13.2. The standard InChI is InChI=1S/C19H14FNO2.C5H5N/c1-12-18(19(22)23)16(13-7-9-15(20)10-8-13)11-17(21-12)14-5-3-2-4-6-14;1-2-4-6-5-3-1/h2-11H,1H3,(H,22,23);1-5H. The van der Waals surface area contributed by atoms with E-state index < -0.39 is 5.97 Å². The molecule has 0 amide bonds. The number of pyridine rings is 2. The van der Waals surface area contributed by atoms with Crippen LogP contribution in [0.1, 0.15) is 16.1 Å². The van der Waals surface area contributed by atoms with Crippen molar-refractivity contribution in [1.82, 2.24) is 9.97 Å². The van der Waals surface area contributed by atoms with Crippen LogP contribution >= 0.6 is 0 Å². The SMILES string of the molecule is Cc1nc(-c2ccccc2)cc(-c2ccc(F)cc2)c1C(=O)O.c1ccncc1. The van der Waals surface area contributed by atoms with Crippen LogP contribution in [0.5, 0.6) is 0 Å². The number of rotatable bonds is 3. The van der Waals surface area contributed by atoms with Gasteiger partial charge in [0, 0.05) is 23.5 Å². The van der Waals surface area contributed by atoms with Crippen LogP contribution in [-0.4, -0.2) is 21.0 Å². The second-order valence-electron chi connectivity index (χ2n) is 6.22. The number of hydrogen-bond acceptors (Lipinski definition) is 3. The van der Waals surface area contributed by atoms with Crippen molar-refractivity contribution in [3.8, 4) is 22.4 Å². The highest BCUT2D eigenvalue weighted by atomic mass is 19.1. The molecule has 0 saturated carbocycles. The normalized spacial score (nSPS) is 10.0. The fourth-order valence-electron chi connectivity index (χ4n) is 2.87. The number of aromatic carboxylic acids is 1. The third kappa shape index (κ3) is 5.11. The van der Waals surface area contributed by atoms with Gasteiger partial charge in [-0.05, 0) is 42.8 Å². The average molecular weight is 386 g/mol. The van der Waals surface area contributed by atoms with Gasteiger partial charge in [0.15, 0.2) is 0 Å². The van der Waals surface area contributed by atoms with Crippen molar-refractivity contribution in [2.45, 2.75) is 6.92 Å². The number of nitrogens with zero attached hydrogens (tertiary/aromatic N) is 2. The maximum Gasteiger partial charge on any atom is 0.338 e. The summed E-state index contributed by atoms with van der Waals surface area (Å²) in [4.78, 5) is 19.8. The average Bonchev–Trinajstić information content (AvgIpc) is 2.76. The van der Waals surface area contributed by atoms with E-state index in [0.29, 0.717) is 22.5 Å². The van der Waals surface area contributed by atoms with Crippen LogP contribution in [0.4, 0.5) is 4.39 Å². The summed E-state index contributed by atoms with van der Waals surface area (Å²) in [6.45, 7) is 1.67. The first kappa shape index (κ1) is 19.9. The van der Waals surface area contributed by atoms with Gasteiger partial charge >= 0.3 is 5.97 Å². The van der Waals surface area contributed by atoms with E-state index in [-0.39, 0.29) is 11.4 Å². The number of hydrogen-bond donors (Lipinski definition) is 1. The van der Waals surface area contributed by atoms with E-state index in [0.717, 1.165) is 5.56 Å². The highest BCUT2D eigenvalue weighted by Crippen LogP contribution is 2.30. The van der Waals surface area contributed by atoms with Gasteiger partial charge in [-0.2, -0.15) is 0 Å². The van der Waals surface area contributed by atoms with Crippen molar-refractivity contribution < 1.29 is 14.3 Å². The first-order valence-corrected chi connectivity index (χ1v) is 8.97. The Kier molecular flexibility index (Phi) is 6.43. The van der Waals surface area contributed by atoms with E-state index in [1.54, 1.807) is 37.5 Å². The number of aromatic nitrogens is 2. The first-order chi connectivity index (χ1) is 14.1. The summed E-state index contributed by atoms with van der Waals surface area (Å²) >= 11 is 0. The minimum atomic E-state index is -1.05. The van der Waals surface area contributed by atoms with Gasteiger partial charge in [-0.25, -0.2) is 9.18 Å². The summed E-state index contributed by atoms with van der Waals surface area (Å²) in [5.41, 5.74) is 3.33. The molecule has 0 aliphatic carbocycles. The Bertz CT molecular complexity index is 1060. The van der Waals surface area contributed by atoms with E-state index in [9.17, 15) is 14.3 Å². The Morgan fingerprint density at radius 2 is 1.48 bits per heavy atom. The van der Waals surface area contributed by atoms with E-state index in [1.165, 1.54) is 12.1 Å². The number of carboxylic acid groups (broad SMARTS) is 1. The summed E-state index contributed by atoms with van der Waals surface area (Å²) in [6, 6.07) is 22.8. The zero-order chi connectivity index (χ0) is 20.6. The topological polar surface area (TPSA) is 63.1 Å². The summed E-state index contributed by atoms with van der Waals surface area (Å²) in [5, 5.41) is 9.51. The van der Waals surface area contributed by atoms with Gasteiger partial charge in [0.2, 0.25) is 0 Å². The lowest BCUT2D eigenvalue weighted by Crippen LogP contribution is -2.06. The van der Waals surface area contributed by atoms with Gasteiger partial charge in [0.25, 0.3) is 0 Å². The molecule has 2 aromatic heterocycles. The quantitative estimate of drug-likeness (QED) is 0.495. The molecule has 29 heavy (non-hydrogen) atoms. The van der Waals surface area contributed by atoms with Crippen molar-refractivity contribution in [2.75, 3.05) is 0 Å². The number of benzene rings is 2. The molecule has 4 aromatic rings. The Morgan fingerprint density at radius 3 is 2.00 bits per heavy atom. The van der Waals surface area contributed by atoms with Crippen molar-refractivity contribution in [1.29, 1.82) is 0 Å². The Morgan fingerprint density at radius 1 is 0.862 bits per heavy atom. The van der Waals surface area contributed by atoms with Crippen molar-refractivity contribution in [2.24, 2.45) is 0 Å². The molecule has 0 fully saturated rings. The molecule has 5 heteroatoms. The van der Waals surface area contributed by atoms with Gasteiger partial charge in [0.1, 0.15) is 5.82 Å². The van der Waals surface area contributed by atoms with E-state index in [2.05, 4.69) is 9.97 Å². The van der Waals surface area contributed by atoms with E-state index in [4.69, 9.17) is 0 Å². The fraction of sp³-hybridized carbons (Fsp3) is 0.0417. The largest absolute Gasteiger partial charge is 0.478 e. The summed E-state index contributed by atoms with van der Waals surface area (Å²) in [6.07, 6.45) is 3.50. The molecule has 0 saturated heterocycles. The lowest BCUT2D eigenvalue weighted by Gasteiger charge is -2.12. The summed E-state index contributed by atoms with van der Waals surface area (Å²) < 4.78 is 13.2. The zero-order valence-electron chi connectivity index (χ0n) is 15.8. The second kappa shape index (κ2) is 9.37. The Hall–Kier alpha value is -3.86. The van der Waals surface area contributed by atoms with Crippen molar-refractivity contribution >= 4 is 5.97 Å². The molecule has 144 valence electrons. The lowest BCUT2D eigenvalue weighted by molar-refractivity contribution is 0.0696. The zero-order valence-corrected chi connectivity index (χ0v) is 15.8. The van der Waals surface area contributed by atoms with Crippen LogP contribution in [-0.2, 0) is 0 Å². The van der Waals surface area contributed by atoms with Gasteiger partial charge < -0.3 is 5.11 Å². The smallest absolute Gasteiger partial charge is 0.338 e. The van der Waals surface area contributed by atoms with Crippen LogP contribution in [0.3, 0.4) is 0 Å². The number of aryl methyl sites for hydroxylation is 1. The molecule has 4 nitrogen and oxygen atoms in total. The summed E-state index contributed by atoms with van der Waals surface area (Å²) in [7, 11) is 0. The van der Waals surface area contributed by atoms with Crippen LogP contribution in [0.15, 0.2) is 91.3 Å². The molecule has 0 unspecified atom stereocenters. The predicted molar refractivity (Wildman–Crippen MR) is 111 cm³/mol. The number of halogens is 1. The highest BCUT2D eigenvalue weighted by Gasteiger charge is 2.18. The van der Waals surface area contributed by atoms with Crippen LogP contribution in [0.25, 0.3) is 22.4 Å². The molecule has 0 aliphatic rings. The van der Waals surface area contributed by atoms with E-state index >= 15 is 0 Å². The van der Waals surface area contributed by atoms with Gasteiger partial charge in [-0.15, -0.1) is 0 Å². The van der Waals surface area contributed by atoms with Gasteiger partial charge in [-0.3, -0.25) is 9.97 Å². The molecule has 0 spiro atoms. The number of carboxylic acids is 1. The van der Waals surface area contributed by atoms with Crippen molar-refractivity contribution in [3.05, 3.63) is 108 Å². The van der Waals surface area contributed by atoms with Crippen LogP contribution in [0.2, 0.25) is 0 Å². The monoisotopic (exact) mass is 386 g/mol. The third-order valence-corrected chi connectivity index (χ3v) is 4.21. The first-order valence-electron chi connectivity index (χ1n) is 8.97. The molecule has 0 aliphatic heterocycles. The fourth-order valence-corrected chi connectivity index (χ4v) is 2.87. The van der Waals surface area contributed by atoms with Gasteiger partial charge in [0.05, 0.1) is 17.0 Å². The Labute approximate surface area is 168 Å². The molecule has 0 bridgehead atoms. The van der Waals surface area contributed by atoms with Crippen LogP contribution in [0, 0.1) is 12.7 Å². The molecule has 4 rings (SSSR count). The molecule has 0 atom stereocenters. The molecular formula is C24H19FN2O2. The van der Waals surface area contributed by atoms with Crippen LogP contribution < -0.4 is 0 Å². The highest BCUT2D eigenvalue weighted by molar-refractivity contribution is 5.98. The predicted octanol–water partition coefficient (Wildman–Crippen LogP) is 5.64. The Balaban J connectivity index is 0.000000343. The molecule has 0 radical (unpaired) electrons. The lowest BCUT2D eigenvalue weighted by atomic mass is 9.96. The van der Waals surface area contributed by atoms with Crippen molar-refractivity contribution in [3.63, 3.8) is 0 Å².